The molecule has 0 radical (unpaired) electrons. The molecule has 1 aliphatic rings. The van der Waals surface area contributed by atoms with Crippen LogP contribution in [0.15, 0.2) is 47.5 Å². The number of halogens is 1. The van der Waals surface area contributed by atoms with Crippen molar-refractivity contribution in [2.45, 2.75) is 13.8 Å². The molecule has 0 bridgehead atoms. The van der Waals surface area contributed by atoms with Gasteiger partial charge in [-0.2, -0.15) is 0 Å². The number of anilines is 1. The van der Waals surface area contributed by atoms with Gasteiger partial charge in [0, 0.05) is 30.9 Å². The standard InChI is InChI=1S/C22H27FN4O2/c1-16-13-17(2)15-20(14-16)25-22(24-7-8-27-9-11-29-12-10-27)26-21(28)18-3-5-19(23)6-4-18/h3-6,13-15H,7-12H2,1-2H3,(H2,24,25,26,28). The molecule has 2 N–H and O–H groups in total. The van der Waals surface area contributed by atoms with Crippen LogP contribution in [0.1, 0.15) is 21.5 Å². The summed E-state index contributed by atoms with van der Waals surface area (Å²) in [6.07, 6.45) is 0. The third-order valence-corrected chi connectivity index (χ3v) is 4.61. The highest BCUT2D eigenvalue weighted by atomic mass is 19.1. The third-order valence-electron chi connectivity index (χ3n) is 4.61. The maximum absolute atomic E-state index is 13.1. The van der Waals surface area contributed by atoms with Gasteiger partial charge in [-0.15, -0.1) is 0 Å². The Morgan fingerprint density at radius 2 is 1.76 bits per heavy atom. The number of hydrogen-bond acceptors (Lipinski definition) is 4. The Labute approximate surface area is 170 Å². The number of aliphatic imine (C=N–C) groups is 1. The van der Waals surface area contributed by atoms with Crippen LogP contribution in [-0.2, 0) is 4.74 Å². The number of carbonyl (C=O) groups is 1. The van der Waals surface area contributed by atoms with Crippen molar-refractivity contribution in [1.82, 2.24) is 10.2 Å². The van der Waals surface area contributed by atoms with Gasteiger partial charge in [0.25, 0.3) is 5.91 Å². The van der Waals surface area contributed by atoms with E-state index in [4.69, 9.17) is 4.74 Å². The lowest BCUT2D eigenvalue weighted by Gasteiger charge is -2.25. The van der Waals surface area contributed by atoms with E-state index in [0.29, 0.717) is 18.1 Å². The van der Waals surface area contributed by atoms with E-state index in [1.54, 1.807) is 0 Å². The van der Waals surface area contributed by atoms with Gasteiger partial charge in [0.1, 0.15) is 5.82 Å². The number of morpholine rings is 1. The molecule has 29 heavy (non-hydrogen) atoms. The first kappa shape index (κ1) is 21.0. The number of benzene rings is 2. The predicted octanol–water partition coefficient (Wildman–Crippen LogP) is 2.97. The Morgan fingerprint density at radius 3 is 2.41 bits per heavy atom. The normalized spacial score (nSPS) is 15.2. The monoisotopic (exact) mass is 398 g/mol. The number of guanidine groups is 1. The van der Waals surface area contributed by atoms with Crippen LogP contribution in [0.3, 0.4) is 0 Å². The van der Waals surface area contributed by atoms with Crippen molar-refractivity contribution < 1.29 is 13.9 Å². The lowest BCUT2D eigenvalue weighted by molar-refractivity contribution is 0.0394. The van der Waals surface area contributed by atoms with Gasteiger partial charge in [0.2, 0.25) is 5.96 Å². The van der Waals surface area contributed by atoms with Crippen LogP contribution in [0.5, 0.6) is 0 Å². The van der Waals surface area contributed by atoms with E-state index >= 15 is 0 Å². The fourth-order valence-electron chi connectivity index (χ4n) is 3.20. The number of carbonyl (C=O) groups excluding carboxylic acids is 1. The highest BCUT2D eigenvalue weighted by Gasteiger charge is 2.12. The fourth-order valence-corrected chi connectivity index (χ4v) is 3.20. The van der Waals surface area contributed by atoms with E-state index in [0.717, 1.165) is 49.7 Å². The van der Waals surface area contributed by atoms with Crippen LogP contribution >= 0.6 is 0 Å². The zero-order valence-corrected chi connectivity index (χ0v) is 16.9. The number of hydrogen-bond donors (Lipinski definition) is 2. The molecular formula is C22H27FN4O2. The maximum atomic E-state index is 13.1. The molecule has 7 heteroatoms. The van der Waals surface area contributed by atoms with Crippen LogP contribution in [0.4, 0.5) is 10.1 Å². The van der Waals surface area contributed by atoms with Crippen LogP contribution < -0.4 is 10.6 Å². The zero-order valence-electron chi connectivity index (χ0n) is 16.9. The van der Waals surface area contributed by atoms with Crippen molar-refractivity contribution in [3.05, 3.63) is 65.0 Å². The first-order valence-corrected chi connectivity index (χ1v) is 9.76. The molecule has 2 aromatic carbocycles. The van der Waals surface area contributed by atoms with Crippen LogP contribution in [0.25, 0.3) is 0 Å². The minimum absolute atomic E-state index is 0.341. The number of amides is 1. The van der Waals surface area contributed by atoms with Crippen molar-refractivity contribution in [1.29, 1.82) is 0 Å². The summed E-state index contributed by atoms with van der Waals surface area (Å²) in [5.74, 6) is -0.348. The first-order valence-electron chi connectivity index (χ1n) is 9.76. The average molecular weight is 398 g/mol. The topological polar surface area (TPSA) is 66.0 Å². The second-order valence-corrected chi connectivity index (χ2v) is 7.15. The Kier molecular flexibility index (Phi) is 7.32. The average Bonchev–Trinajstić information content (AvgIpc) is 2.68. The van der Waals surface area contributed by atoms with E-state index in [2.05, 4.69) is 26.6 Å². The molecule has 0 aliphatic carbocycles. The second-order valence-electron chi connectivity index (χ2n) is 7.15. The second kappa shape index (κ2) is 10.1. The van der Waals surface area contributed by atoms with Gasteiger partial charge in [0.05, 0.1) is 19.8 Å². The Hall–Kier alpha value is -2.77. The number of nitrogens with one attached hydrogen (secondary N) is 2. The van der Waals surface area contributed by atoms with Gasteiger partial charge in [0.15, 0.2) is 0 Å². The summed E-state index contributed by atoms with van der Waals surface area (Å²) >= 11 is 0. The molecular weight excluding hydrogens is 371 g/mol. The summed E-state index contributed by atoms with van der Waals surface area (Å²) < 4.78 is 18.5. The van der Waals surface area contributed by atoms with Crippen LogP contribution in [0, 0.1) is 19.7 Å². The molecule has 0 atom stereocenters. The highest BCUT2D eigenvalue weighted by molar-refractivity contribution is 6.10. The maximum Gasteiger partial charge on any atom is 0.257 e. The number of aryl methyl sites for hydroxylation is 2. The SMILES string of the molecule is Cc1cc(C)cc(NC(=NCCN2CCOCC2)NC(=O)c2ccc(F)cc2)c1. The lowest BCUT2D eigenvalue weighted by atomic mass is 10.1. The zero-order chi connectivity index (χ0) is 20.6. The van der Waals surface area contributed by atoms with E-state index < -0.39 is 0 Å². The van der Waals surface area contributed by atoms with Gasteiger partial charge in [-0.25, -0.2) is 4.39 Å². The van der Waals surface area contributed by atoms with Crippen molar-refractivity contribution in [3.8, 4) is 0 Å². The van der Waals surface area contributed by atoms with Gasteiger partial charge in [-0.3, -0.25) is 20.0 Å². The number of nitrogens with zero attached hydrogens (tertiary/aromatic N) is 2. The minimum atomic E-state index is -0.380. The molecule has 1 saturated heterocycles. The molecule has 6 nitrogen and oxygen atoms in total. The summed E-state index contributed by atoms with van der Waals surface area (Å²) in [4.78, 5) is 19.4. The summed E-state index contributed by atoms with van der Waals surface area (Å²) in [5, 5.41) is 6.02. The summed E-state index contributed by atoms with van der Waals surface area (Å²) in [5.41, 5.74) is 3.46. The third kappa shape index (κ3) is 6.66. The largest absolute Gasteiger partial charge is 0.379 e. The van der Waals surface area contributed by atoms with Gasteiger partial charge < -0.3 is 10.1 Å². The molecule has 0 saturated carbocycles. The van der Waals surface area contributed by atoms with Gasteiger partial charge in [-0.1, -0.05) is 6.07 Å². The highest BCUT2D eigenvalue weighted by Crippen LogP contribution is 2.14. The quantitative estimate of drug-likeness (QED) is 0.600. The van der Waals surface area contributed by atoms with Crippen molar-refractivity contribution in [2.75, 3.05) is 44.7 Å². The smallest absolute Gasteiger partial charge is 0.257 e. The minimum Gasteiger partial charge on any atom is -0.379 e. The van der Waals surface area contributed by atoms with E-state index in [1.807, 2.05) is 26.0 Å². The number of ether oxygens (including phenoxy) is 1. The fraction of sp³-hybridized carbons (Fsp3) is 0.364. The lowest BCUT2D eigenvalue weighted by Crippen LogP contribution is -2.39. The molecule has 154 valence electrons. The summed E-state index contributed by atoms with van der Waals surface area (Å²) in [6, 6.07) is 11.5. The van der Waals surface area contributed by atoms with Crippen LogP contribution in [0.2, 0.25) is 0 Å². The van der Waals surface area contributed by atoms with Crippen molar-refractivity contribution in [3.63, 3.8) is 0 Å². The predicted molar refractivity (Wildman–Crippen MR) is 113 cm³/mol. The summed E-state index contributed by atoms with van der Waals surface area (Å²) in [6.45, 7) is 8.60. The van der Waals surface area contributed by atoms with Crippen molar-refractivity contribution >= 4 is 17.6 Å². The van der Waals surface area contributed by atoms with E-state index in [-0.39, 0.29) is 11.7 Å². The van der Waals surface area contributed by atoms with E-state index in [1.165, 1.54) is 24.3 Å². The molecule has 0 unspecified atom stereocenters. The molecule has 1 amide bonds. The summed E-state index contributed by atoms with van der Waals surface area (Å²) in [7, 11) is 0. The molecule has 1 fully saturated rings. The molecule has 1 heterocycles. The van der Waals surface area contributed by atoms with Gasteiger partial charge in [-0.05, 0) is 61.4 Å². The van der Waals surface area contributed by atoms with Crippen LogP contribution in [-0.4, -0.2) is 56.2 Å². The van der Waals surface area contributed by atoms with Gasteiger partial charge >= 0.3 is 0 Å². The Balaban J connectivity index is 1.71. The molecule has 2 aromatic rings. The molecule has 1 aliphatic heterocycles. The molecule has 0 aromatic heterocycles. The molecule has 0 spiro atoms. The first-order chi connectivity index (χ1) is 14.0. The molecule has 3 rings (SSSR count). The number of rotatable bonds is 5. The van der Waals surface area contributed by atoms with E-state index in [9.17, 15) is 9.18 Å². The Morgan fingerprint density at radius 1 is 1.10 bits per heavy atom. The Bertz CT molecular complexity index is 841. The van der Waals surface area contributed by atoms with Crippen molar-refractivity contribution in [2.24, 2.45) is 4.99 Å².